The van der Waals surface area contributed by atoms with Crippen LogP contribution in [-0.4, -0.2) is 22.0 Å². The fourth-order valence-electron chi connectivity index (χ4n) is 3.54. The Kier molecular flexibility index (Phi) is 9.37. The third-order valence-corrected chi connectivity index (χ3v) is 5.55. The predicted octanol–water partition coefficient (Wildman–Crippen LogP) is 9.01. The maximum absolute atomic E-state index is 13.4. The monoisotopic (exact) mass is 516 g/mol. The summed E-state index contributed by atoms with van der Waals surface area (Å²) in [6.45, 7) is 11.6. The minimum absolute atomic E-state index is 0.132. The van der Waals surface area contributed by atoms with Gasteiger partial charge in [-0.3, -0.25) is 0 Å². The molecular weight excluding hydrogens is 486 g/mol. The van der Waals surface area contributed by atoms with Crippen molar-refractivity contribution < 1.29 is 8.78 Å². The Morgan fingerprint density at radius 3 is 1.58 bits per heavy atom. The Morgan fingerprint density at radius 2 is 1.05 bits per heavy atom. The number of hydrogen-bond donors (Lipinski definition) is 0. The molecule has 196 valence electrons. The Labute approximate surface area is 221 Å². The van der Waals surface area contributed by atoms with E-state index in [9.17, 15) is 8.78 Å². The second kappa shape index (κ2) is 12.7. The van der Waals surface area contributed by atoms with Gasteiger partial charge in [-0.25, -0.2) is 0 Å². The van der Waals surface area contributed by atoms with Crippen molar-refractivity contribution in [3.63, 3.8) is 0 Å². The van der Waals surface area contributed by atoms with Gasteiger partial charge in [0.05, 0.1) is 22.7 Å². The van der Waals surface area contributed by atoms with Gasteiger partial charge in [0.15, 0.2) is 0 Å². The molecule has 0 saturated carbocycles. The second-order valence-electron chi connectivity index (χ2n) is 8.32. The number of azo groups is 2. The predicted molar refractivity (Wildman–Crippen MR) is 146 cm³/mol. The molecule has 0 radical (unpaired) electrons. The van der Waals surface area contributed by atoms with Crippen LogP contribution in [0.2, 0.25) is 0 Å². The van der Waals surface area contributed by atoms with Crippen LogP contribution in [0.5, 0.6) is 0 Å². The molecule has 0 aliphatic rings. The van der Waals surface area contributed by atoms with Crippen LogP contribution in [0.25, 0.3) is 0 Å². The van der Waals surface area contributed by atoms with Crippen LogP contribution in [0.4, 0.5) is 43.2 Å². The topological polar surface area (TPSA) is 91.3 Å². The Hall–Kier alpha value is -4.47. The van der Waals surface area contributed by atoms with Crippen molar-refractivity contribution in [3.8, 4) is 0 Å². The maximum atomic E-state index is 13.4. The fraction of sp³-hybridized carbons (Fsp3) is 0.250. The van der Waals surface area contributed by atoms with Crippen molar-refractivity contribution in [2.45, 2.75) is 41.5 Å². The van der Waals surface area contributed by atoms with Gasteiger partial charge in [-0.15, -0.1) is 0 Å². The molecule has 0 N–H and O–H groups in total. The van der Waals surface area contributed by atoms with Gasteiger partial charge in [0.1, 0.15) is 0 Å². The minimum Gasteiger partial charge on any atom is -0.313 e. The summed E-state index contributed by atoms with van der Waals surface area (Å²) >= 11 is 0. The number of hydrogen-bond acceptors (Lipinski definition) is 8. The number of aromatic nitrogens is 3. The lowest BCUT2D eigenvalue weighted by Gasteiger charge is -2.20. The zero-order chi connectivity index (χ0) is 27.8. The Balaban J connectivity index is 0.00000195. The van der Waals surface area contributed by atoms with Crippen LogP contribution < -0.4 is 4.90 Å². The zero-order valence-electron chi connectivity index (χ0n) is 22.5. The number of nitrogens with zero attached hydrogens (tertiary/aromatic N) is 8. The molecule has 4 aromatic rings. The molecule has 0 aliphatic heterocycles. The summed E-state index contributed by atoms with van der Waals surface area (Å²) in [7, 11) is 1.63. The molecule has 0 spiro atoms. The summed E-state index contributed by atoms with van der Waals surface area (Å²) in [4.78, 5) is 11.6. The van der Waals surface area contributed by atoms with E-state index in [4.69, 9.17) is 0 Å². The minimum atomic E-state index is -1.18. The first-order chi connectivity index (χ1) is 18.2. The highest BCUT2D eigenvalue weighted by Gasteiger charge is 2.15. The molecule has 0 unspecified atom stereocenters. The molecule has 1 aromatic heterocycles. The van der Waals surface area contributed by atoms with E-state index >= 15 is 0 Å². The molecule has 3 aromatic carbocycles. The lowest BCUT2D eigenvalue weighted by atomic mass is 10.1. The van der Waals surface area contributed by atoms with Crippen molar-refractivity contribution in [2.24, 2.45) is 20.5 Å². The van der Waals surface area contributed by atoms with Gasteiger partial charge in [-0.2, -0.15) is 44.2 Å². The molecule has 10 heteroatoms. The highest BCUT2D eigenvalue weighted by molar-refractivity contribution is 5.67. The fourth-order valence-corrected chi connectivity index (χ4v) is 3.54. The molecule has 0 aliphatic carbocycles. The van der Waals surface area contributed by atoms with Crippen LogP contribution in [0.15, 0.2) is 75.1 Å². The molecule has 38 heavy (non-hydrogen) atoms. The van der Waals surface area contributed by atoms with Gasteiger partial charge in [0.2, 0.25) is 5.95 Å². The van der Waals surface area contributed by atoms with Crippen molar-refractivity contribution >= 4 is 34.4 Å². The number of rotatable bonds is 6. The summed E-state index contributed by atoms with van der Waals surface area (Å²) in [5, 5.41) is 17.6. The van der Waals surface area contributed by atoms with Gasteiger partial charge in [-0.1, -0.05) is 32.0 Å². The molecule has 8 nitrogen and oxygen atoms in total. The quantitative estimate of drug-likeness (QED) is 0.239. The average Bonchev–Trinajstić information content (AvgIpc) is 2.90. The maximum Gasteiger partial charge on any atom is 0.315 e. The van der Waals surface area contributed by atoms with Crippen LogP contribution >= 0.6 is 0 Å². The first-order valence-electron chi connectivity index (χ1n) is 12.1. The molecule has 0 atom stereocenters. The second-order valence-corrected chi connectivity index (χ2v) is 8.32. The van der Waals surface area contributed by atoms with E-state index < -0.39 is 12.2 Å². The summed E-state index contributed by atoms with van der Waals surface area (Å²) in [5.74, 6) is -0.132. The van der Waals surface area contributed by atoms with E-state index in [1.54, 1.807) is 7.05 Å². The van der Waals surface area contributed by atoms with E-state index in [0.717, 1.165) is 39.3 Å². The van der Waals surface area contributed by atoms with Crippen LogP contribution in [0.1, 0.15) is 36.1 Å². The molecule has 0 amide bonds. The number of halogens is 2. The normalized spacial score (nSPS) is 11.1. The highest BCUT2D eigenvalue weighted by atomic mass is 19.1. The van der Waals surface area contributed by atoms with E-state index in [0.29, 0.717) is 11.4 Å². The van der Waals surface area contributed by atoms with Crippen molar-refractivity contribution in [1.29, 1.82) is 0 Å². The third kappa shape index (κ3) is 6.84. The van der Waals surface area contributed by atoms with Gasteiger partial charge < -0.3 is 4.90 Å². The van der Waals surface area contributed by atoms with Crippen LogP contribution in [0, 0.1) is 39.9 Å². The highest BCUT2D eigenvalue weighted by Crippen LogP contribution is 2.34. The van der Waals surface area contributed by atoms with E-state index in [-0.39, 0.29) is 5.95 Å². The summed E-state index contributed by atoms with van der Waals surface area (Å²) in [6, 6.07) is 17.1. The molecule has 4 rings (SSSR count). The van der Waals surface area contributed by atoms with Crippen molar-refractivity contribution in [3.05, 3.63) is 89.0 Å². The lowest BCUT2D eigenvalue weighted by Crippen LogP contribution is -2.16. The van der Waals surface area contributed by atoms with Crippen molar-refractivity contribution in [1.82, 2.24) is 15.0 Å². The van der Waals surface area contributed by atoms with Gasteiger partial charge in [0, 0.05) is 12.7 Å². The first-order valence-corrected chi connectivity index (χ1v) is 12.1. The molecule has 1 heterocycles. The number of aryl methyl sites for hydroxylation is 4. The standard InChI is InChI=1S/C26H24F2N8.C2H6/c1-15-12-21(16(2)11-20(15)33-32-19-9-7-6-8-10-19)34-35-22-13-18(4)23(14-17(22)3)36(5)26-30-24(27)29-25(28)31-26;1-2/h6-14H,1-5H3;1-2H3. The summed E-state index contributed by atoms with van der Waals surface area (Å²) in [5.41, 5.74) is 7.09. The average molecular weight is 517 g/mol. The smallest absolute Gasteiger partial charge is 0.313 e. The third-order valence-electron chi connectivity index (χ3n) is 5.55. The summed E-state index contributed by atoms with van der Waals surface area (Å²) < 4.78 is 26.9. The number of benzene rings is 3. The molecular formula is C28H30F2N8. The Morgan fingerprint density at radius 1 is 0.605 bits per heavy atom. The molecule has 0 bridgehead atoms. The Bertz CT molecular complexity index is 1450. The van der Waals surface area contributed by atoms with Crippen LogP contribution in [-0.2, 0) is 0 Å². The van der Waals surface area contributed by atoms with Gasteiger partial charge >= 0.3 is 12.2 Å². The van der Waals surface area contributed by atoms with Gasteiger partial charge in [0.25, 0.3) is 0 Å². The van der Waals surface area contributed by atoms with Gasteiger partial charge in [-0.05, 0) is 86.3 Å². The summed E-state index contributed by atoms with van der Waals surface area (Å²) in [6.07, 6.45) is -2.36. The van der Waals surface area contributed by atoms with Crippen LogP contribution in [0.3, 0.4) is 0 Å². The largest absolute Gasteiger partial charge is 0.315 e. The van der Waals surface area contributed by atoms with E-state index in [1.807, 2.05) is 96.1 Å². The number of anilines is 2. The SMILES string of the molecule is CC.Cc1cc(N=Nc2cc(C)c(N(C)c3nc(F)nc(F)n3)cc2C)c(C)cc1N=Nc1ccccc1. The van der Waals surface area contributed by atoms with E-state index in [2.05, 4.69) is 35.4 Å². The van der Waals surface area contributed by atoms with E-state index in [1.165, 1.54) is 4.90 Å². The molecule has 0 saturated heterocycles. The first kappa shape index (κ1) is 28.1. The zero-order valence-corrected chi connectivity index (χ0v) is 22.5. The van der Waals surface area contributed by atoms with Crippen molar-refractivity contribution in [2.75, 3.05) is 11.9 Å². The molecule has 0 fully saturated rings. The lowest BCUT2D eigenvalue weighted by molar-refractivity contribution is 0.455.